The van der Waals surface area contributed by atoms with Crippen molar-refractivity contribution in [2.24, 2.45) is 0 Å². The molecule has 1 aliphatic rings. The normalized spacial score (nSPS) is 18.7. The number of nitrogens with one attached hydrogen (secondary N) is 1. The van der Waals surface area contributed by atoms with Gasteiger partial charge in [-0.05, 0) is 25.0 Å². The fourth-order valence-electron chi connectivity index (χ4n) is 2.82. The molecular formula is C15H16F3N3OS. The smallest absolute Gasteiger partial charge is 0.340 e. The summed E-state index contributed by atoms with van der Waals surface area (Å²) in [5.74, 6) is -0.710. The van der Waals surface area contributed by atoms with Crippen molar-refractivity contribution in [1.29, 1.82) is 0 Å². The summed E-state index contributed by atoms with van der Waals surface area (Å²) in [7, 11) is 0. The standard InChI is InChI=1S/C15H16F3N3OS/c16-15(17,18)9-23-8-13(22)21-7-3-6-12(21)14-19-10-4-1-2-5-11(10)20-14/h1-2,4-5,12H,3,6-9H2,(H,19,20). The van der Waals surface area contributed by atoms with Crippen molar-refractivity contribution in [3.8, 4) is 0 Å². The van der Waals surface area contributed by atoms with E-state index in [1.54, 1.807) is 4.90 Å². The molecular weight excluding hydrogens is 327 g/mol. The first-order valence-electron chi connectivity index (χ1n) is 7.33. The summed E-state index contributed by atoms with van der Waals surface area (Å²) in [6, 6.07) is 7.40. The highest BCUT2D eigenvalue weighted by Gasteiger charge is 2.33. The monoisotopic (exact) mass is 343 g/mol. The van der Waals surface area contributed by atoms with Gasteiger partial charge in [-0.3, -0.25) is 4.79 Å². The largest absolute Gasteiger partial charge is 0.397 e. The van der Waals surface area contributed by atoms with Gasteiger partial charge >= 0.3 is 6.18 Å². The topological polar surface area (TPSA) is 49.0 Å². The molecule has 0 aliphatic carbocycles. The molecule has 124 valence electrons. The molecule has 1 atom stereocenters. The number of alkyl halides is 3. The minimum Gasteiger partial charge on any atom is -0.340 e. The third kappa shape index (κ3) is 3.80. The summed E-state index contributed by atoms with van der Waals surface area (Å²) < 4.78 is 36.5. The van der Waals surface area contributed by atoms with Crippen molar-refractivity contribution in [1.82, 2.24) is 14.9 Å². The maximum absolute atomic E-state index is 12.2. The Hall–Kier alpha value is -1.70. The van der Waals surface area contributed by atoms with Gasteiger partial charge in [-0.15, -0.1) is 11.8 Å². The number of nitrogens with zero attached hydrogens (tertiary/aromatic N) is 2. The van der Waals surface area contributed by atoms with Crippen molar-refractivity contribution in [3.05, 3.63) is 30.1 Å². The zero-order valence-corrected chi connectivity index (χ0v) is 13.1. The maximum Gasteiger partial charge on any atom is 0.397 e. The number of likely N-dealkylation sites (tertiary alicyclic amines) is 1. The lowest BCUT2D eigenvalue weighted by atomic mass is 10.2. The number of thioether (sulfide) groups is 1. The number of rotatable bonds is 4. The molecule has 2 heterocycles. The number of halogens is 3. The lowest BCUT2D eigenvalue weighted by Gasteiger charge is -2.23. The Balaban J connectivity index is 1.68. The zero-order valence-electron chi connectivity index (χ0n) is 12.3. The van der Waals surface area contributed by atoms with Gasteiger partial charge in [-0.2, -0.15) is 13.2 Å². The summed E-state index contributed by atoms with van der Waals surface area (Å²) in [5, 5.41) is 0. The average molecular weight is 343 g/mol. The van der Waals surface area contributed by atoms with E-state index in [9.17, 15) is 18.0 Å². The predicted octanol–water partition coefficient (Wildman–Crippen LogP) is 3.52. The van der Waals surface area contributed by atoms with E-state index in [2.05, 4.69) is 9.97 Å². The van der Waals surface area contributed by atoms with Crippen LogP contribution in [0.3, 0.4) is 0 Å². The molecule has 4 nitrogen and oxygen atoms in total. The van der Waals surface area contributed by atoms with Gasteiger partial charge in [0, 0.05) is 6.54 Å². The van der Waals surface area contributed by atoms with Gasteiger partial charge in [-0.1, -0.05) is 12.1 Å². The van der Waals surface area contributed by atoms with E-state index in [1.807, 2.05) is 24.3 Å². The van der Waals surface area contributed by atoms with Crippen molar-refractivity contribution in [2.45, 2.75) is 25.1 Å². The summed E-state index contributed by atoms with van der Waals surface area (Å²) in [4.78, 5) is 21.6. The first kappa shape index (κ1) is 16.2. The fraction of sp³-hybridized carbons (Fsp3) is 0.467. The number of amides is 1. The van der Waals surface area contributed by atoms with Crippen LogP contribution in [0.15, 0.2) is 24.3 Å². The van der Waals surface area contributed by atoms with Gasteiger partial charge in [0.2, 0.25) is 5.91 Å². The lowest BCUT2D eigenvalue weighted by molar-refractivity contribution is -0.129. The first-order valence-corrected chi connectivity index (χ1v) is 8.48. The number of carbonyl (C=O) groups excluding carboxylic acids is 1. The second-order valence-electron chi connectivity index (χ2n) is 5.49. The number of fused-ring (bicyclic) bond motifs is 1. The number of benzene rings is 1. The Morgan fingerprint density at radius 3 is 2.91 bits per heavy atom. The Kier molecular flexibility index (Phi) is 4.52. The van der Waals surface area contributed by atoms with Crippen LogP contribution < -0.4 is 0 Å². The average Bonchev–Trinajstić information content (AvgIpc) is 3.12. The van der Waals surface area contributed by atoms with Crippen LogP contribution in [0.2, 0.25) is 0 Å². The Morgan fingerprint density at radius 1 is 1.39 bits per heavy atom. The zero-order chi connectivity index (χ0) is 16.4. The minimum absolute atomic E-state index is 0.157. The number of aromatic nitrogens is 2. The number of para-hydroxylation sites is 2. The molecule has 1 aromatic carbocycles. The maximum atomic E-state index is 12.2. The van der Waals surface area contributed by atoms with Gasteiger partial charge in [0.05, 0.1) is 28.6 Å². The summed E-state index contributed by atoms with van der Waals surface area (Å²) in [5.41, 5.74) is 1.72. The number of H-pyrrole nitrogens is 1. The molecule has 0 saturated carbocycles. The molecule has 1 aromatic heterocycles. The van der Waals surface area contributed by atoms with Crippen molar-refractivity contribution in [3.63, 3.8) is 0 Å². The molecule has 1 amide bonds. The van der Waals surface area contributed by atoms with Crippen LogP contribution in [0.1, 0.15) is 24.7 Å². The quantitative estimate of drug-likeness (QED) is 0.924. The third-order valence-corrected chi connectivity index (χ3v) is 4.77. The van der Waals surface area contributed by atoms with Gasteiger partial charge in [0.25, 0.3) is 0 Å². The molecule has 0 spiro atoms. The molecule has 1 N–H and O–H groups in total. The Labute approximate surface area is 135 Å². The van der Waals surface area contributed by atoms with Gasteiger partial charge in [0.15, 0.2) is 0 Å². The van der Waals surface area contributed by atoms with E-state index >= 15 is 0 Å². The van der Waals surface area contributed by atoms with Crippen LogP contribution in [0.25, 0.3) is 11.0 Å². The molecule has 1 aliphatic heterocycles. The highest BCUT2D eigenvalue weighted by molar-refractivity contribution is 8.00. The summed E-state index contributed by atoms with van der Waals surface area (Å²) >= 11 is 0.611. The van der Waals surface area contributed by atoms with E-state index in [-0.39, 0.29) is 17.7 Å². The van der Waals surface area contributed by atoms with E-state index in [0.29, 0.717) is 24.1 Å². The minimum atomic E-state index is -4.24. The third-order valence-electron chi connectivity index (χ3n) is 3.79. The Morgan fingerprint density at radius 2 is 2.17 bits per heavy atom. The molecule has 1 saturated heterocycles. The van der Waals surface area contributed by atoms with E-state index in [1.165, 1.54) is 0 Å². The van der Waals surface area contributed by atoms with Crippen molar-refractivity contribution in [2.75, 3.05) is 18.1 Å². The number of imidazole rings is 1. The SMILES string of the molecule is O=C(CSCC(F)(F)F)N1CCCC1c1nc2ccccc2[nH]1. The summed E-state index contributed by atoms with van der Waals surface area (Å²) in [6.45, 7) is 0.563. The second kappa shape index (κ2) is 6.43. The van der Waals surface area contributed by atoms with Crippen LogP contribution in [-0.4, -0.2) is 45.0 Å². The first-order chi connectivity index (χ1) is 10.9. The van der Waals surface area contributed by atoms with E-state index in [4.69, 9.17) is 0 Å². The van der Waals surface area contributed by atoms with Gasteiger partial charge in [-0.25, -0.2) is 4.98 Å². The molecule has 1 unspecified atom stereocenters. The number of hydrogen-bond acceptors (Lipinski definition) is 3. The van der Waals surface area contributed by atoms with Crippen LogP contribution in [0.5, 0.6) is 0 Å². The molecule has 0 radical (unpaired) electrons. The van der Waals surface area contributed by atoms with Crippen molar-refractivity contribution >= 4 is 28.7 Å². The predicted molar refractivity (Wildman–Crippen MR) is 83.2 cm³/mol. The van der Waals surface area contributed by atoms with Crippen LogP contribution in [-0.2, 0) is 4.79 Å². The van der Waals surface area contributed by atoms with E-state index in [0.717, 1.165) is 23.9 Å². The number of carbonyl (C=O) groups is 1. The van der Waals surface area contributed by atoms with E-state index < -0.39 is 11.9 Å². The molecule has 3 rings (SSSR count). The molecule has 23 heavy (non-hydrogen) atoms. The molecule has 1 fully saturated rings. The lowest BCUT2D eigenvalue weighted by Crippen LogP contribution is -2.33. The number of aromatic amines is 1. The molecule has 2 aromatic rings. The highest BCUT2D eigenvalue weighted by Crippen LogP contribution is 2.32. The highest BCUT2D eigenvalue weighted by atomic mass is 32.2. The molecule has 0 bridgehead atoms. The van der Waals surface area contributed by atoms with Gasteiger partial charge in [0.1, 0.15) is 5.82 Å². The van der Waals surface area contributed by atoms with Crippen LogP contribution in [0, 0.1) is 0 Å². The number of hydrogen-bond donors (Lipinski definition) is 1. The second-order valence-corrected chi connectivity index (χ2v) is 6.48. The fourth-order valence-corrected chi connectivity index (χ4v) is 3.49. The van der Waals surface area contributed by atoms with Crippen LogP contribution >= 0.6 is 11.8 Å². The van der Waals surface area contributed by atoms with Crippen LogP contribution in [0.4, 0.5) is 13.2 Å². The Bertz CT molecular complexity index is 668. The van der Waals surface area contributed by atoms with Gasteiger partial charge < -0.3 is 9.88 Å². The summed E-state index contributed by atoms with van der Waals surface area (Å²) in [6.07, 6.45) is -2.64. The molecule has 8 heteroatoms. The van der Waals surface area contributed by atoms with Crippen molar-refractivity contribution < 1.29 is 18.0 Å².